The highest BCUT2D eigenvalue weighted by atomic mass is 16.7. The molecule has 0 aliphatic carbocycles. The molecule has 0 rings (SSSR count). The Labute approximate surface area is 377 Å². The zero-order valence-corrected chi connectivity index (χ0v) is 41.1. The molecule has 0 N–H and O–H groups in total. The third-order valence-electron chi connectivity index (χ3n) is 12.1. The number of hydrogen-bond donors (Lipinski definition) is 0. The molecule has 0 aromatic heterocycles. The third-order valence-corrected chi connectivity index (χ3v) is 12.1. The predicted octanol–water partition coefficient (Wildman–Crippen LogP) is 15.7. The summed E-state index contributed by atoms with van der Waals surface area (Å²) in [7, 11) is 0. The van der Waals surface area contributed by atoms with Gasteiger partial charge in [-0.2, -0.15) is 0 Å². The SMILES string of the molecule is CCCCCCCCC(CCCCCC)COC(=O)OCCCCCCN(CCCCCCOC(=O)OCC(CCCCCC)CCCCCCCC)CCCC(=O)OCC. The molecular formula is C52H101NO8. The fourth-order valence-corrected chi connectivity index (χ4v) is 8.13. The topological polar surface area (TPSA) is 101 Å². The Kier molecular flexibility index (Phi) is 45.9. The van der Waals surface area contributed by atoms with Gasteiger partial charge in [0.15, 0.2) is 0 Å². The molecule has 0 fully saturated rings. The average Bonchev–Trinajstić information content (AvgIpc) is 3.25. The van der Waals surface area contributed by atoms with Crippen LogP contribution in [-0.4, -0.2) is 75.8 Å². The van der Waals surface area contributed by atoms with Gasteiger partial charge in [-0.3, -0.25) is 4.79 Å². The van der Waals surface area contributed by atoms with Gasteiger partial charge in [0.2, 0.25) is 0 Å². The summed E-state index contributed by atoms with van der Waals surface area (Å²) in [5.74, 6) is 0.751. The summed E-state index contributed by atoms with van der Waals surface area (Å²) in [6.45, 7) is 15.9. The maximum absolute atomic E-state index is 12.4. The summed E-state index contributed by atoms with van der Waals surface area (Å²) in [5.41, 5.74) is 0. The summed E-state index contributed by atoms with van der Waals surface area (Å²) >= 11 is 0. The molecule has 0 bridgehead atoms. The van der Waals surface area contributed by atoms with Crippen molar-refractivity contribution >= 4 is 18.3 Å². The maximum atomic E-state index is 12.4. The van der Waals surface area contributed by atoms with Gasteiger partial charge in [-0.25, -0.2) is 9.59 Å². The van der Waals surface area contributed by atoms with E-state index in [0.717, 1.165) is 103 Å². The van der Waals surface area contributed by atoms with Crippen LogP contribution < -0.4 is 0 Å². The molecule has 0 saturated carbocycles. The van der Waals surface area contributed by atoms with Crippen LogP contribution in [0.2, 0.25) is 0 Å². The second-order valence-electron chi connectivity index (χ2n) is 17.9. The van der Waals surface area contributed by atoms with Gasteiger partial charge in [0.1, 0.15) is 0 Å². The van der Waals surface area contributed by atoms with E-state index in [-0.39, 0.29) is 5.97 Å². The van der Waals surface area contributed by atoms with E-state index in [9.17, 15) is 14.4 Å². The first kappa shape index (κ1) is 59.0. The Morgan fingerprint density at radius 3 is 1.08 bits per heavy atom. The average molecular weight is 868 g/mol. The van der Waals surface area contributed by atoms with Crippen LogP contribution in [0.15, 0.2) is 0 Å². The normalized spacial score (nSPS) is 12.4. The van der Waals surface area contributed by atoms with Gasteiger partial charge in [0.05, 0.1) is 33.0 Å². The number of nitrogens with zero attached hydrogens (tertiary/aromatic N) is 1. The number of carbonyl (C=O) groups is 3. The monoisotopic (exact) mass is 868 g/mol. The molecular weight excluding hydrogens is 767 g/mol. The first-order valence-corrected chi connectivity index (χ1v) is 26.4. The molecule has 0 saturated heterocycles. The van der Waals surface area contributed by atoms with Gasteiger partial charge in [-0.05, 0) is 96.2 Å². The largest absolute Gasteiger partial charge is 0.508 e. The van der Waals surface area contributed by atoms with Gasteiger partial charge < -0.3 is 28.6 Å². The second-order valence-corrected chi connectivity index (χ2v) is 17.9. The van der Waals surface area contributed by atoms with Gasteiger partial charge in [0, 0.05) is 6.42 Å². The van der Waals surface area contributed by atoms with E-state index in [1.807, 2.05) is 6.92 Å². The van der Waals surface area contributed by atoms with E-state index in [4.69, 9.17) is 23.7 Å². The van der Waals surface area contributed by atoms with E-state index in [1.54, 1.807) is 0 Å². The number of rotatable bonds is 47. The molecule has 0 amide bonds. The number of hydrogen-bond acceptors (Lipinski definition) is 9. The van der Waals surface area contributed by atoms with Crippen molar-refractivity contribution in [2.45, 2.75) is 253 Å². The van der Waals surface area contributed by atoms with Crippen LogP contribution >= 0.6 is 0 Å². The van der Waals surface area contributed by atoms with Crippen LogP contribution in [0.5, 0.6) is 0 Å². The van der Waals surface area contributed by atoms with Crippen LogP contribution in [0, 0.1) is 11.8 Å². The molecule has 61 heavy (non-hydrogen) atoms. The summed E-state index contributed by atoms with van der Waals surface area (Å²) in [4.78, 5) is 39.2. The van der Waals surface area contributed by atoms with Crippen LogP contribution in [0.4, 0.5) is 9.59 Å². The molecule has 0 aliphatic heterocycles. The van der Waals surface area contributed by atoms with Gasteiger partial charge in [-0.1, -0.05) is 182 Å². The zero-order valence-electron chi connectivity index (χ0n) is 41.1. The third kappa shape index (κ3) is 43.0. The van der Waals surface area contributed by atoms with Crippen molar-refractivity contribution < 1.29 is 38.1 Å². The lowest BCUT2D eigenvalue weighted by Gasteiger charge is -2.22. The Morgan fingerprint density at radius 1 is 0.361 bits per heavy atom. The molecule has 362 valence electrons. The summed E-state index contributed by atoms with van der Waals surface area (Å²) < 4.78 is 27.2. The number of esters is 1. The smallest absolute Gasteiger partial charge is 0.466 e. The lowest BCUT2D eigenvalue weighted by Crippen LogP contribution is -2.28. The number of unbranched alkanes of at least 4 members (excludes halogenated alkanes) is 22. The Balaban J connectivity index is 4.42. The molecule has 2 atom stereocenters. The quantitative estimate of drug-likeness (QED) is 0.0336. The number of carbonyl (C=O) groups excluding carboxylic acids is 3. The van der Waals surface area contributed by atoms with Crippen LogP contribution in [0.3, 0.4) is 0 Å². The highest BCUT2D eigenvalue weighted by molar-refractivity contribution is 5.69. The van der Waals surface area contributed by atoms with Crippen molar-refractivity contribution in [2.75, 3.05) is 52.7 Å². The van der Waals surface area contributed by atoms with E-state index >= 15 is 0 Å². The highest BCUT2D eigenvalue weighted by Gasteiger charge is 2.15. The van der Waals surface area contributed by atoms with E-state index in [1.165, 1.54) is 128 Å². The molecule has 0 spiro atoms. The van der Waals surface area contributed by atoms with Gasteiger partial charge >= 0.3 is 18.3 Å². The second kappa shape index (κ2) is 47.4. The summed E-state index contributed by atoms with van der Waals surface area (Å²) in [5, 5.41) is 0. The molecule has 9 heteroatoms. The van der Waals surface area contributed by atoms with E-state index in [0.29, 0.717) is 51.3 Å². The van der Waals surface area contributed by atoms with Crippen LogP contribution in [0.25, 0.3) is 0 Å². The molecule has 0 radical (unpaired) electrons. The van der Waals surface area contributed by atoms with Gasteiger partial charge in [0.25, 0.3) is 0 Å². The standard InChI is InChI=1S/C52H101NO8/c1-6-11-15-19-21-29-38-48(36-27-17-13-8-3)46-60-51(55)58-44-33-25-23-31-41-53(43-35-40-50(54)57-10-5)42-32-24-26-34-45-59-52(56)61-47-49(37-28-18-14-9-4)39-30-22-20-16-12-7-2/h48-49H,6-47H2,1-5H3. The maximum Gasteiger partial charge on any atom is 0.508 e. The minimum Gasteiger partial charge on any atom is -0.466 e. The zero-order chi connectivity index (χ0) is 44.7. The van der Waals surface area contributed by atoms with Crippen molar-refractivity contribution in [1.29, 1.82) is 0 Å². The van der Waals surface area contributed by atoms with Crippen molar-refractivity contribution in [3.05, 3.63) is 0 Å². The van der Waals surface area contributed by atoms with Crippen LogP contribution in [-0.2, 0) is 28.5 Å². The molecule has 9 nitrogen and oxygen atoms in total. The lowest BCUT2D eigenvalue weighted by atomic mass is 9.95. The minimum absolute atomic E-state index is 0.125. The lowest BCUT2D eigenvalue weighted by molar-refractivity contribution is -0.143. The molecule has 0 heterocycles. The Hall–Kier alpha value is -2.03. The fourth-order valence-electron chi connectivity index (χ4n) is 8.13. The molecule has 0 aromatic rings. The summed E-state index contributed by atoms with van der Waals surface area (Å²) in [6, 6.07) is 0. The molecule has 0 aromatic carbocycles. The minimum atomic E-state index is -0.517. The Bertz CT molecular complexity index is 886. The first-order chi connectivity index (χ1) is 29.9. The first-order valence-electron chi connectivity index (χ1n) is 26.4. The fraction of sp³-hybridized carbons (Fsp3) is 0.942. The van der Waals surface area contributed by atoms with Gasteiger partial charge in [-0.15, -0.1) is 0 Å². The van der Waals surface area contributed by atoms with Crippen molar-refractivity contribution in [3.63, 3.8) is 0 Å². The predicted molar refractivity (Wildman–Crippen MR) is 254 cm³/mol. The Morgan fingerprint density at radius 2 is 0.689 bits per heavy atom. The van der Waals surface area contributed by atoms with Crippen LogP contribution in [0.1, 0.15) is 253 Å². The summed E-state index contributed by atoms with van der Waals surface area (Å²) in [6.07, 6.45) is 38.1. The van der Waals surface area contributed by atoms with Crippen molar-refractivity contribution in [1.82, 2.24) is 4.90 Å². The molecule has 0 aliphatic rings. The highest BCUT2D eigenvalue weighted by Crippen LogP contribution is 2.21. The van der Waals surface area contributed by atoms with Crippen molar-refractivity contribution in [3.8, 4) is 0 Å². The number of ether oxygens (including phenoxy) is 5. The van der Waals surface area contributed by atoms with Crippen molar-refractivity contribution in [2.24, 2.45) is 11.8 Å². The molecule has 2 unspecified atom stereocenters. The van der Waals surface area contributed by atoms with E-state index < -0.39 is 12.3 Å². The van der Waals surface area contributed by atoms with E-state index in [2.05, 4.69) is 32.6 Å².